The van der Waals surface area contributed by atoms with Crippen molar-refractivity contribution in [3.8, 4) is 11.8 Å². The number of hydrogen-bond acceptors (Lipinski definition) is 0. The molecule has 0 heterocycles. The summed E-state index contributed by atoms with van der Waals surface area (Å²) in [6, 6.07) is 0. The van der Waals surface area contributed by atoms with Crippen molar-refractivity contribution >= 4 is 0 Å². The van der Waals surface area contributed by atoms with Crippen LogP contribution in [0, 0.1) is 17.8 Å². The van der Waals surface area contributed by atoms with Gasteiger partial charge in [0.25, 0.3) is 0 Å². The van der Waals surface area contributed by atoms with Gasteiger partial charge in [-0.2, -0.15) is 0 Å². The van der Waals surface area contributed by atoms with E-state index in [1.165, 1.54) is 12.8 Å². The Morgan fingerprint density at radius 2 is 2.25 bits per heavy atom. The van der Waals surface area contributed by atoms with Crippen molar-refractivity contribution in [3.05, 3.63) is 0 Å². The van der Waals surface area contributed by atoms with Gasteiger partial charge in [-0.1, -0.05) is 6.92 Å². The highest BCUT2D eigenvalue weighted by Gasteiger charge is 2.00. The van der Waals surface area contributed by atoms with Crippen LogP contribution in [0.1, 0.15) is 32.6 Å². The van der Waals surface area contributed by atoms with E-state index in [9.17, 15) is 0 Å². The topological polar surface area (TPSA) is 0 Å². The fourth-order valence-corrected chi connectivity index (χ4v) is 0.976. The molecule has 1 aliphatic carbocycles. The minimum Gasteiger partial charge on any atom is -0.103 e. The van der Waals surface area contributed by atoms with Crippen LogP contribution in [-0.2, 0) is 0 Å². The van der Waals surface area contributed by atoms with Crippen molar-refractivity contribution in [2.75, 3.05) is 0 Å². The Kier molecular flexibility index (Phi) is 1.97. The molecule has 1 unspecified atom stereocenters. The predicted molar refractivity (Wildman–Crippen MR) is 35.4 cm³/mol. The summed E-state index contributed by atoms with van der Waals surface area (Å²) in [6.07, 6.45) is 4.93. The van der Waals surface area contributed by atoms with Crippen LogP contribution in [0.2, 0.25) is 0 Å². The summed E-state index contributed by atoms with van der Waals surface area (Å²) in [4.78, 5) is 0. The van der Waals surface area contributed by atoms with Gasteiger partial charge in [0.1, 0.15) is 0 Å². The fraction of sp³-hybridized carbons (Fsp3) is 0.750. The Balaban J connectivity index is 2.35. The summed E-state index contributed by atoms with van der Waals surface area (Å²) < 4.78 is 0. The maximum atomic E-state index is 3.15. The average Bonchev–Trinajstić information content (AvgIpc) is 1.94. The number of hydrogen-bond donors (Lipinski definition) is 0. The second kappa shape index (κ2) is 2.77. The van der Waals surface area contributed by atoms with Crippen LogP contribution in [0.4, 0.5) is 0 Å². The molecule has 0 aliphatic heterocycles. The lowest BCUT2D eigenvalue weighted by Crippen LogP contribution is -1.88. The molecule has 0 N–H and O–H groups in total. The standard InChI is InChI=1S/C8H12/c1-8-6-4-2-3-5-7-8/h8H,2,4,6-7H2,1H3. The molecule has 0 fully saturated rings. The number of rotatable bonds is 0. The molecule has 0 aromatic heterocycles. The molecule has 8 heavy (non-hydrogen) atoms. The smallest absolute Gasteiger partial charge is 0.0114 e. The van der Waals surface area contributed by atoms with Crippen LogP contribution in [-0.4, -0.2) is 0 Å². The Labute approximate surface area is 51.3 Å². The molecule has 1 rings (SSSR count). The van der Waals surface area contributed by atoms with E-state index < -0.39 is 0 Å². The van der Waals surface area contributed by atoms with E-state index in [0.717, 1.165) is 18.8 Å². The van der Waals surface area contributed by atoms with Gasteiger partial charge in [-0.15, -0.1) is 11.8 Å². The van der Waals surface area contributed by atoms with Crippen molar-refractivity contribution in [1.29, 1.82) is 0 Å². The first-order valence-corrected chi connectivity index (χ1v) is 3.35. The Morgan fingerprint density at radius 1 is 1.38 bits per heavy atom. The van der Waals surface area contributed by atoms with E-state index in [2.05, 4.69) is 18.8 Å². The normalized spacial score (nSPS) is 27.9. The second-order valence-corrected chi connectivity index (χ2v) is 2.56. The van der Waals surface area contributed by atoms with Crippen molar-refractivity contribution in [1.82, 2.24) is 0 Å². The van der Waals surface area contributed by atoms with Gasteiger partial charge in [0.15, 0.2) is 0 Å². The van der Waals surface area contributed by atoms with Crippen LogP contribution in [0.25, 0.3) is 0 Å². The van der Waals surface area contributed by atoms with E-state index >= 15 is 0 Å². The summed E-state index contributed by atoms with van der Waals surface area (Å²) in [6.45, 7) is 2.28. The van der Waals surface area contributed by atoms with Crippen molar-refractivity contribution in [2.24, 2.45) is 5.92 Å². The Bertz CT molecular complexity index is 114. The Morgan fingerprint density at radius 3 is 3.12 bits per heavy atom. The SMILES string of the molecule is CC1CC#CCCC1. The summed E-state index contributed by atoms with van der Waals surface area (Å²) in [5, 5.41) is 0. The second-order valence-electron chi connectivity index (χ2n) is 2.56. The minimum absolute atomic E-state index is 0.852. The molecule has 0 amide bonds. The molecule has 0 aromatic rings. The molecule has 44 valence electrons. The van der Waals surface area contributed by atoms with E-state index in [1.54, 1.807) is 0 Å². The third-order valence-corrected chi connectivity index (χ3v) is 1.57. The van der Waals surface area contributed by atoms with Gasteiger partial charge in [0.05, 0.1) is 0 Å². The van der Waals surface area contributed by atoms with Gasteiger partial charge < -0.3 is 0 Å². The molecule has 0 saturated carbocycles. The molecule has 0 nitrogen and oxygen atoms in total. The van der Waals surface area contributed by atoms with Crippen LogP contribution in [0.15, 0.2) is 0 Å². The molecule has 0 bridgehead atoms. The molecule has 0 spiro atoms. The minimum atomic E-state index is 0.852. The predicted octanol–water partition coefficient (Wildman–Crippen LogP) is 2.20. The van der Waals surface area contributed by atoms with E-state index in [-0.39, 0.29) is 0 Å². The van der Waals surface area contributed by atoms with Crippen LogP contribution in [0.5, 0.6) is 0 Å². The zero-order valence-electron chi connectivity index (χ0n) is 5.41. The van der Waals surface area contributed by atoms with E-state index in [1.807, 2.05) is 0 Å². The first-order chi connectivity index (χ1) is 3.89. The van der Waals surface area contributed by atoms with Gasteiger partial charge in [0.2, 0.25) is 0 Å². The largest absolute Gasteiger partial charge is 0.103 e. The highest BCUT2D eigenvalue weighted by atomic mass is 14.0. The molecule has 1 aliphatic rings. The van der Waals surface area contributed by atoms with Gasteiger partial charge >= 0.3 is 0 Å². The molecule has 0 radical (unpaired) electrons. The van der Waals surface area contributed by atoms with Gasteiger partial charge in [-0.05, 0) is 18.8 Å². The highest BCUT2D eigenvalue weighted by molar-refractivity contribution is 5.01. The maximum absolute atomic E-state index is 3.15. The van der Waals surface area contributed by atoms with E-state index in [0.29, 0.717) is 0 Å². The molecular weight excluding hydrogens is 96.1 g/mol. The third kappa shape index (κ3) is 1.58. The van der Waals surface area contributed by atoms with Gasteiger partial charge in [-0.3, -0.25) is 0 Å². The van der Waals surface area contributed by atoms with Crippen LogP contribution in [0.3, 0.4) is 0 Å². The summed E-state index contributed by atoms with van der Waals surface area (Å²) in [7, 11) is 0. The molecule has 0 heteroatoms. The first-order valence-electron chi connectivity index (χ1n) is 3.35. The van der Waals surface area contributed by atoms with E-state index in [4.69, 9.17) is 0 Å². The lowest BCUT2D eigenvalue weighted by Gasteiger charge is -2.00. The third-order valence-electron chi connectivity index (χ3n) is 1.57. The molecule has 0 aromatic carbocycles. The fourth-order valence-electron chi connectivity index (χ4n) is 0.976. The van der Waals surface area contributed by atoms with Gasteiger partial charge in [0, 0.05) is 12.8 Å². The van der Waals surface area contributed by atoms with Crippen LogP contribution < -0.4 is 0 Å². The Hall–Kier alpha value is -0.440. The average molecular weight is 108 g/mol. The summed E-state index contributed by atoms with van der Waals surface area (Å²) >= 11 is 0. The summed E-state index contributed by atoms with van der Waals surface area (Å²) in [5.41, 5.74) is 0. The van der Waals surface area contributed by atoms with Crippen molar-refractivity contribution < 1.29 is 0 Å². The quantitative estimate of drug-likeness (QED) is 0.417. The first kappa shape index (κ1) is 5.69. The molecule has 0 saturated heterocycles. The zero-order chi connectivity index (χ0) is 5.82. The van der Waals surface area contributed by atoms with Crippen LogP contribution >= 0.6 is 0 Å². The maximum Gasteiger partial charge on any atom is 0.0114 e. The molecular formula is C8H12. The lowest BCUT2D eigenvalue weighted by molar-refractivity contribution is 0.536. The highest BCUT2D eigenvalue weighted by Crippen LogP contribution is 2.12. The summed E-state index contributed by atoms with van der Waals surface area (Å²) in [5.74, 6) is 7.13. The monoisotopic (exact) mass is 108 g/mol. The zero-order valence-corrected chi connectivity index (χ0v) is 5.41. The van der Waals surface area contributed by atoms with Crippen molar-refractivity contribution in [3.63, 3.8) is 0 Å². The van der Waals surface area contributed by atoms with Crippen molar-refractivity contribution in [2.45, 2.75) is 32.6 Å². The lowest BCUT2D eigenvalue weighted by atomic mass is 10.0. The molecule has 1 atom stereocenters. The van der Waals surface area contributed by atoms with Gasteiger partial charge in [-0.25, -0.2) is 0 Å².